The average molecular weight is 309 g/mol. The largest absolute Gasteiger partial charge is 0.478 e. The highest BCUT2D eigenvalue weighted by molar-refractivity contribution is 5.98. The molecule has 1 heterocycles. The lowest BCUT2D eigenvalue weighted by Gasteiger charge is -2.47. The Bertz CT molecular complexity index is 754. The number of carboxylic acid groups (broad SMARTS) is 1. The van der Waals surface area contributed by atoms with E-state index in [2.05, 4.69) is 6.92 Å². The zero-order chi connectivity index (χ0) is 16.6. The van der Waals surface area contributed by atoms with E-state index >= 15 is 0 Å². The molecule has 0 aromatic heterocycles. The molecule has 2 unspecified atom stereocenters. The zero-order valence-corrected chi connectivity index (χ0v) is 13.2. The van der Waals surface area contributed by atoms with E-state index in [1.54, 1.807) is 19.1 Å². The zero-order valence-electron chi connectivity index (χ0n) is 13.2. The predicted molar refractivity (Wildman–Crippen MR) is 87.5 cm³/mol. The first-order valence-electron chi connectivity index (χ1n) is 7.68. The maximum Gasteiger partial charge on any atom is 0.335 e. The van der Waals surface area contributed by atoms with Crippen molar-refractivity contribution in [1.82, 2.24) is 4.90 Å². The Kier molecular flexibility index (Phi) is 3.90. The molecule has 2 atom stereocenters. The summed E-state index contributed by atoms with van der Waals surface area (Å²) in [5.41, 5.74) is 2.48. The highest BCUT2D eigenvalue weighted by Crippen LogP contribution is 2.39. The van der Waals surface area contributed by atoms with Gasteiger partial charge in [-0.25, -0.2) is 4.79 Å². The molecule has 23 heavy (non-hydrogen) atoms. The van der Waals surface area contributed by atoms with Gasteiger partial charge in [-0.15, -0.1) is 0 Å². The Labute approximate surface area is 135 Å². The third kappa shape index (κ3) is 2.84. The summed E-state index contributed by atoms with van der Waals surface area (Å²) in [4.78, 5) is 25.8. The van der Waals surface area contributed by atoms with Gasteiger partial charge in [0.15, 0.2) is 0 Å². The van der Waals surface area contributed by atoms with E-state index in [9.17, 15) is 14.7 Å². The highest BCUT2D eigenvalue weighted by atomic mass is 16.4. The highest BCUT2D eigenvalue weighted by Gasteiger charge is 2.40. The lowest BCUT2D eigenvalue weighted by Crippen LogP contribution is -2.51. The van der Waals surface area contributed by atoms with Crippen molar-refractivity contribution in [2.24, 2.45) is 5.92 Å². The normalized spacial score (nSPS) is 20.0. The van der Waals surface area contributed by atoms with Gasteiger partial charge in [0.25, 0.3) is 5.91 Å². The molecule has 1 aliphatic rings. The minimum Gasteiger partial charge on any atom is -0.478 e. The molecule has 1 saturated heterocycles. The van der Waals surface area contributed by atoms with E-state index in [0.29, 0.717) is 18.0 Å². The monoisotopic (exact) mass is 309 g/mol. The van der Waals surface area contributed by atoms with Gasteiger partial charge in [-0.1, -0.05) is 37.3 Å². The first kappa shape index (κ1) is 15.3. The van der Waals surface area contributed by atoms with Crippen molar-refractivity contribution in [3.63, 3.8) is 0 Å². The van der Waals surface area contributed by atoms with Crippen molar-refractivity contribution in [3.05, 3.63) is 70.8 Å². The fourth-order valence-corrected chi connectivity index (χ4v) is 3.26. The topological polar surface area (TPSA) is 57.6 Å². The van der Waals surface area contributed by atoms with Crippen molar-refractivity contribution >= 4 is 11.9 Å². The summed E-state index contributed by atoms with van der Waals surface area (Å²) in [6, 6.07) is 14.8. The number of hydrogen-bond acceptors (Lipinski definition) is 2. The van der Waals surface area contributed by atoms with E-state index in [1.807, 2.05) is 35.2 Å². The van der Waals surface area contributed by atoms with Crippen LogP contribution >= 0.6 is 0 Å². The van der Waals surface area contributed by atoms with Crippen LogP contribution in [0.15, 0.2) is 48.5 Å². The smallest absolute Gasteiger partial charge is 0.335 e. The molecular weight excluding hydrogens is 290 g/mol. The SMILES string of the molecule is Cc1cc(C(=O)O)cc(C(=O)N2CC(C)C2c2ccccc2)c1. The van der Waals surface area contributed by atoms with E-state index < -0.39 is 5.97 Å². The van der Waals surface area contributed by atoms with Crippen LogP contribution in [-0.4, -0.2) is 28.4 Å². The van der Waals surface area contributed by atoms with Gasteiger partial charge in [-0.05, 0) is 42.2 Å². The van der Waals surface area contributed by atoms with Crippen LogP contribution in [0.5, 0.6) is 0 Å². The molecule has 4 heteroatoms. The van der Waals surface area contributed by atoms with Crippen molar-refractivity contribution in [1.29, 1.82) is 0 Å². The molecule has 0 radical (unpaired) electrons. The molecule has 118 valence electrons. The number of amides is 1. The number of hydrogen-bond donors (Lipinski definition) is 1. The number of nitrogens with zero attached hydrogens (tertiary/aromatic N) is 1. The first-order valence-corrected chi connectivity index (χ1v) is 7.68. The van der Waals surface area contributed by atoms with E-state index in [4.69, 9.17) is 0 Å². The molecule has 0 bridgehead atoms. The van der Waals surface area contributed by atoms with Crippen LogP contribution in [0.1, 0.15) is 44.8 Å². The van der Waals surface area contributed by atoms with Crippen LogP contribution in [0, 0.1) is 12.8 Å². The van der Waals surface area contributed by atoms with E-state index in [1.165, 1.54) is 6.07 Å². The number of aromatic carboxylic acids is 1. The number of carboxylic acids is 1. The fraction of sp³-hybridized carbons (Fsp3) is 0.263. The Balaban J connectivity index is 1.90. The second kappa shape index (κ2) is 5.88. The molecule has 1 N–H and O–H groups in total. The lowest BCUT2D eigenvalue weighted by atomic mass is 9.84. The third-order valence-electron chi connectivity index (χ3n) is 4.33. The van der Waals surface area contributed by atoms with E-state index in [-0.39, 0.29) is 17.5 Å². The van der Waals surface area contributed by atoms with Crippen LogP contribution in [0.25, 0.3) is 0 Å². The van der Waals surface area contributed by atoms with Crippen molar-refractivity contribution in [2.45, 2.75) is 19.9 Å². The minimum absolute atomic E-state index is 0.0532. The summed E-state index contributed by atoms with van der Waals surface area (Å²) < 4.78 is 0. The minimum atomic E-state index is -1.01. The number of aryl methyl sites for hydroxylation is 1. The van der Waals surface area contributed by atoms with Crippen LogP contribution in [-0.2, 0) is 0 Å². The summed E-state index contributed by atoms with van der Waals surface area (Å²) in [6.45, 7) is 4.62. The average Bonchev–Trinajstić information content (AvgIpc) is 2.52. The molecule has 4 nitrogen and oxygen atoms in total. The second-order valence-electron chi connectivity index (χ2n) is 6.18. The van der Waals surface area contributed by atoms with Crippen LogP contribution < -0.4 is 0 Å². The maximum absolute atomic E-state index is 12.8. The van der Waals surface area contributed by atoms with Gasteiger partial charge in [0, 0.05) is 12.1 Å². The number of carbonyl (C=O) groups is 2. The molecule has 3 rings (SSSR count). The second-order valence-corrected chi connectivity index (χ2v) is 6.18. The van der Waals surface area contributed by atoms with Gasteiger partial charge in [-0.3, -0.25) is 4.79 Å². The number of rotatable bonds is 3. The van der Waals surface area contributed by atoms with Gasteiger partial charge in [-0.2, -0.15) is 0 Å². The fourth-order valence-electron chi connectivity index (χ4n) is 3.26. The Morgan fingerprint density at radius 2 is 1.74 bits per heavy atom. The molecule has 1 fully saturated rings. The molecule has 1 aliphatic heterocycles. The summed E-state index contributed by atoms with van der Waals surface area (Å²) in [5, 5.41) is 9.17. The molecule has 1 amide bonds. The molecule has 0 spiro atoms. The predicted octanol–water partition coefficient (Wildman–Crippen LogP) is 3.53. The van der Waals surface area contributed by atoms with Gasteiger partial charge in [0.05, 0.1) is 11.6 Å². The van der Waals surface area contributed by atoms with Crippen molar-refractivity contribution in [2.75, 3.05) is 6.54 Å². The van der Waals surface area contributed by atoms with Crippen molar-refractivity contribution in [3.8, 4) is 0 Å². The van der Waals surface area contributed by atoms with Crippen LogP contribution in [0.2, 0.25) is 0 Å². The van der Waals surface area contributed by atoms with Crippen LogP contribution in [0.4, 0.5) is 0 Å². The summed E-state index contributed by atoms with van der Waals surface area (Å²) in [6.07, 6.45) is 0. The van der Waals surface area contributed by atoms with Gasteiger partial charge in [0.2, 0.25) is 0 Å². The number of benzene rings is 2. The quantitative estimate of drug-likeness (QED) is 0.943. The number of carbonyl (C=O) groups excluding carboxylic acids is 1. The molecule has 2 aromatic rings. The van der Waals surface area contributed by atoms with Crippen molar-refractivity contribution < 1.29 is 14.7 Å². The summed E-state index contributed by atoms with van der Waals surface area (Å²) in [7, 11) is 0. The Morgan fingerprint density at radius 1 is 1.09 bits per heavy atom. The Morgan fingerprint density at radius 3 is 2.35 bits per heavy atom. The van der Waals surface area contributed by atoms with Gasteiger partial charge in [0.1, 0.15) is 0 Å². The molecule has 0 aliphatic carbocycles. The molecule has 2 aromatic carbocycles. The molecular formula is C19H19NO3. The standard InChI is InChI=1S/C19H19NO3/c1-12-8-15(10-16(9-12)19(22)23)18(21)20-11-13(2)17(20)14-6-4-3-5-7-14/h3-10,13,17H,11H2,1-2H3,(H,22,23). The molecule has 0 saturated carbocycles. The van der Waals surface area contributed by atoms with Gasteiger partial charge < -0.3 is 10.0 Å². The van der Waals surface area contributed by atoms with Crippen LogP contribution in [0.3, 0.4) is 0 Å². The summed E-state index contributed by atoms with van der Waals surface area (Å²) in [5.74, 6) is -0.729. The van der Waals surface area contributed by atoms with E-state index in [0.717, 1.165) is 11.1 Å². The summed E-state index contributed by atoms with van der Waals surface area (Å²) >= 11 is 0. The first-order chi connectivity index (χ1) is 11.0. The Hall–Kier alpha value is -2.62. The maximum atomic E-state index is 12.8. The lowest BCUT2D eigenvalue weighted by molar-refractivity contribution is 0.0197. The van der Waals surface area contributed by atoms with Gasteiger partial charge >= 0.3 is 5.97 Å². The number of likely N-dealkylation sites (tertiary alicyclic amines) is 1. The third-order valence-corrected chi connectivity index (χ3v) is 4.33.